The molecule has 1 fully saturated rings. The fraction of sp³-hybridized carbons (Fsp3) is 0.310. The van der Waals surface area contributed by atoms with E-state index in [1.165, 1.54) is 13.1 Å². The van der Waals surface area contributed by atoms with Crippen LogP contribution in [-0.2, 0) is 23.2 Å². The molecule has 2 amide bonds. The molecule has 3 aliphatic rings. The summed E-state index contributed by atoms with van der Waals surface area (Å²) in [6, 6.07) is 11.3. The number of ether oxygens (including phenoxy) is 1. The van der Waals surface area contributed by atoms with E-state index in [9.17, 15) is 14.0 Å². The highest BCUT2D eigenvalue weighted by molar-refractivity contribution is 6.34. The van der Waals surface area contributed by atoms with Gasteiger partial charge in [-0.1, -0.05) is 41.9 Å². The van der Waals surface area contributed by atoms with Crippen LogP contribution in [0, 0.1) is 11.6 Å². The van der Waals surface area contributed by atoms with Gasteiger partial charge in [0.15, 0.2) is 5.60 Å². The summed E-state index contributed by atoms with van der Waals surface area (Å²) in [6.07, 6.45) is -0.211. The molecular formula is C29H24ClF3N2O3. The molecule has 3 aromatic carbocycles. The summed E-state index contributed by atoms with van der Waals surface area (Å²) < 4.78 is 52.6. The van der Waals surface area contributed by atoms with E-state index in [0.717, 1.165) is 11.6 Å². The lowest BCUT2D eigenvalue weighted by Gasteiger charge is -2.35. The Balaban J connectivity index is 1.61. The van der Waals surface area contributed by atoms with Gasteiger partial charge in [0, 0.05) is 42.6 Å². The number of hydrogen-bond donors (Lipinski definition) is 2. The molecule has 196 valence electrons. The molecule has 2 aliphatic heterocycles. The van der Waals surface area contributed by atoms with E-state index >= 15 is 8.78 Å². The molecule has 3 aromatic rings. The Hall–Kier alpha value is -3.52. The minimum absolute atomic E-state index is 0.00463. The number of rotatable bonds is 4. The largest absolute Gasteiger partial charge is 0.480 e. The van der Waals surface area contributed by atoms with Crippen LogP contribution in [0.5, 0.6) is 5.75 Å². The highest BCUT2D eigenvalue weighted by Crippen LogP contribution is 2.53. The lowest BCUT2D eigenvalue weighted by atomic mass is 9.80. The number of carbonyl (C=O) groups excluding carboxylic acids is 2. The molecule has 2 heterocycles. The highest BCUT2D eigenvalue weighted by Gasteiger charge is 2.51. The van der Waals surface area contributed by atoms with Gasteiger partial charge in [-0.3, -0.25) is 9.59 Å². The molecule has 0 radical (unpaired) electrons. The number of benzene rings is 3. The van der Waals surface area contributed by atoms with Crippen LogP contribution in [0.15, 0.2) is 42.5 Å². The zero-order valence-corrected chi connectivity index (χ0v) is 21.2. The summed E-state index contributed by atoms with van der Waals surface area (Å²) in [5.41, 5.74) is 0.0436. The standard InChI is InChI=1S/C29H24ClF3N2O3/c1-34-28(37)17-11-16-15(7-8-19(16)31)27(33)25(17)24-18-13-29(14-5-3-2-4-6-14,22-9-10-23(36)35-22)38-21(18)12-20(32)26(24)30/h2-6,11-12,19,22H,7-10,13H2,1H3,(H,34,37)(H,35,36)/t19?,22-,29-/m0/s1. The van der Waals surface area contributed by atoms with Crippen molar-refractivity contribution in [2.75, 3.05) is 7.05 Å². The number of fused-ring (bicyclic) bond motifs is 2. The van der Waals surface area contributed by atoms with E-state index < -0.39 is 35.4 Å². The fourth-order valence-electron chi connectivity index (χ4n) is 6.13. The van der Waals surface area contributed by atoms with Gasteiger partial charge in [0.1, 0.15) is 23.6 Å². The van der Waals surface area contributed by atoms with Crippen molar-refractivity contribution in [2.45, 2.75) is 49.9 Å². The molecule has 0 bridgehead atoms. The van der Waals surface area contributed by atoms with Gasteiger partial charge in [0.2, 0.25) is 5.91 Å². The second kappa shape index (κ2) is 9.05. The Labute approximate surface area is 222 Å². The number of amides is 2. The lowest BCUT2D eigenvalue weighted by molar-refractivity contribution is -0.120. The quantitative estimate of drug-likeness (QED) is 0.445. The van der Waals surface area contributed by atoms with Crippen LogP contribution < -0.4 is 15.4 Å². The van der Waals surface area contributed by atoms with Crippen molar-refractivity contribution < 1.29 is 27.5 Å². The zero-order chi connectivity index (χ0) is 26.8. The van der Waals surface area contributed by atoms with Gasteiger partial charge in [-0.25, -0.2) is 13.2 Å². The minimum Gasteiger partial charge on any atom is -0.480 e. The first-order valence-corrected chi connectivity index (χ1v) is 12.9. The zero-order valence-electron chi connectivity index (χ0n) is 20.5. The predicted molar refractivity (Wildman–Crippen MR) is 136 cm³/mol. The van der Waals surface area contributed by atoms with Crippen LogP contribution in [0.25, 0.3) is 11.1 Å². The maximum absolute atomic E-state index is 16.2. The molecule has 5 nitrogen and oxygen atoms in total. The molecule has 0 spiro atoms. The highest BCUT2D eigenvalue weighted by atomic mass is 35.5. The van der Waals surface area contributed by atoms with Gasteiger partial charge in [-0.2, -0.15) is 0 Å². The van der Waals surface area contributed by atoms with Crippen LogP contribution in [-0.4, -0.2) is 24.9 Å². The SMILES string of the molecule is CNC(=O)c1cc2c(c(F)c1-c1c(Cl)c(F)cc3c1C[C@](c1ccccc1)([C@@H]1CCC(=O)N1)O3)CCC2F. The normalized spacial score (nSPS) is 23.6. The van der Waals surface area contributed by atoms with Crippen molar-refractivity contribution >= 4 is 23.4 Å². The van der Waals surface area contributed by atoms with Gasteiger partial charge < -0.3 is 15.4 Å². The number of halogens is 4. The summed E-state index contributed by atoms with van der Waals surface area (Å²) in [6.45, 7) is 0. The van der Waals surface area contributed by atoms with Crippen LogP contribution in [0.2, 0.25) is 5.02 Å². The van der Waals surface area contributed by atoms with Gasteiger partial charge in [0.25, 0.3) is 5.91 Å². The van der Waals surface area contributed by atoms with Gasteiger partial charge in [-0.15, -0.1) is 0 Å². The number of alkyl halides is 1. The van der Waals surface area contributed by atoms with E-state index in [2.05, 4.69) is 10.6 Å². The summed E-state index contributed by atoms with van der Waals surface area (Å²) >= 11 is 6.53. The third-order valence-corrected chi connectivity index (χ3v) is 8.32. The molecule has 38 heavy (non-hydrogen) atoms. The first-order valence-electron chi connectivity index (χ1n) is 12.5. The molecule has 9 heteroatoms. The van der Waals surface area contributed by atoms with Crippen LogP contribution in [0.1, 0.15) is 58.0 Å². The Kier molecular flexibility index (Phi) is 5.90. The molecule has 1 saturated heterocycles. The molecular weight excluding hydrogens is 517 g/mol. The second-order valence-electron chi connectivity index (χ2n) is 9.98. The second-order valence-corrected chi connectivity index (χ2v) is 10.4. The number of carbonyl (C=O) groups is 2. The van der Waals surface area contributed by atoms with E-state index in [4.69, 9.17) is 16.3 Å². The third kappa shape index (κ3) is 3.61. The minimum atomic E-state index is -1.40. The van der Waals surface area contributed by atoms with E-state index in [0.29, 0.717) is 18.4 Å². The van der Waals surface area contributed by atoms with Gasteiger partial charge >= 0.3 is 0 Å². The van der Waals surface area contributed by atoms with Crippen molar-refractivity contribution in [2.24, 2.45) is 0 Å². The topological polar surface area (TPSA) is 67.4 Å². The summed E-state index contributed by atoms with van der Waals surface area (Å²) in [7, 11) is 1.38. The van der Waals surface area contributed by atoms with Crippen molar-refractivity contribution in [3.05, 3.63) is 86.9 Å². The molecule has 0 aromatic heterocycles. The van der Waals surface area contributed by atoms with Gasteiger partial charge in [0.05, 0.1) is 16.6 Å². The molecule has 6 rings (SSSR count). The Morgan fingerprint density at radius 2 is 1.87 bits per heavy atom. The maximum Gasteiger partial charge on any atom is 0.251 e. The molecule has 2 N–H and O–H groups in total. The van der Waals surface area contributed by atoms with Crippen LogP contribution in [0.4, 0.5) is 13.2 Å². The Bertz CT molecular complexity index is 1500. The Morgan fingerprint density at radius 3 is 2.55 bits per heavy atom. The first-order chi connectivity index (χ1) is 18.2. The summed E-state index contributed by atoms with van der Waals surface area (Å²) in [5, 5.41) is 5.10. The average Bonchev–Trinajstić information content (AvgIpc) is 3.63. The van der Waals surface area contributed by atoms with E-state index in [-0.39, 0.29) is 63.8 Å². The average molecular weight is 541 g/mol. The van der Waals surface area contributed by atoms with E-state index in [1.54, 1.807) is 0 Å². The molecule has 1 aliphatic carbocycles. The van der Waals surface area contributed by atoms with Crippen molar-refractivity contribution in [1.82, 2.24) is 10.6 Å². The van der Waals surface area contributed by atoms with Crippen LogP contribution in [0.3, 0.4) is 0 Å². The summed E-state index contributed by atoms with van der Waals surface area (Å²) in [5.74, 6) is -2.25. The van der Waals surface area contributed by atoms with Gasteiger partial charge in [-0.05, 0) is 42.0 Å². The van der Waals surface area contributed by atoms with E-state index in [1.807, 2.05) is 30.3 Å². The number of hydrogen-bond acceptors (Lipinski definition) is 3. The monoisotopic (exact) mass is 540 g/mol. The Morgan fingerprint density at radius 1 is 1.11 bits per heavy atom. The fourth-order valence-corrected chi connectivity index (χ4v) is 6.40. The van der Waals surface area contributed by atoms with Crippen LogP contribution >= 0.6 is 11.6 Å². The molecule has 0 saturated carbocycles. The van der Waals surface area contributed by atoms with Crippen molar-refractivity contribution in [1.29, 1.82) is 0 Å². The number of nitrogens with one attached hydrogen (secondary N) is 2. The van der Waals surface area contributed by atoms with Crippen molar-refractivity contribution in [3.63, 3.8) is 0 Å². The van der Waals surface area contributed by atoms with Crippen molar-refractivity contribution in [3.8, 4) is 16.9 Å². The first kappa shape index (κ1) is 24.8. The molecule has 1 unspecified atom stereocenters. The maximum atomic E-state index is 16.2. The molecule has 3 atom stereocenters. The summed E-state index contributed by atoms with van der Waals surface area (Å²) in [4.78, 5) is 25.2. The lowest BCUT2D eigenvalue weighted by Crippen LogP contribution is -2.49. The third-order valence-electron chi connectivity index (χ3n) is 7.95. The predicted octanol–water partition coefficient (Wildman–Crippen LogP) is 5.71. The smallest absolute Gasteiger partial charge is 0.251 e.